The van der Waals surface area contributed by atoms with Crippen molar-refractivity contribution in [3.8, 4) is 39.0 Å². The zero-order valence-corrected chi connectivity index (χ0v) is 56.7. The number of halogens is 26. The SMILES string of the molecule is Cc1ccc(-c2sc(-c3ccc(C)s3)c(CCCC(F)(F)C(F)(F)C(F)(F)C(F)(F)C(F)(F)C(F)(F)F)c2CCCC(F)(F)C(F)(F)C(F)(F)C(F)(F)C(F)(F)C(F)(F)F)s1.Cc1ccc(-c2sc(-c3ccc(C)s3)c(CCO[Si](C)(C)C)c2CCO[Si](C)(C)C)s1. The van der Waals surface area contributed by atoms with Crippen molar-refractivity contribution in [1.82, 2.24) is 0 Å². The highest BCUT2D eigenvalue weighted by molar-refractivity contribution is 7.27. The van der Waals surface area contributed by atoms with Crippen LogP contribution in [0.25, 0.3) is 39.0 Å². The molecule has 0 bridgehead atoms. The predicted molar refractivity (Wildman–Crippen MR) is 314 cm³/mol. The average Bonchev–Trinajstić information content (AvgIpc) is 1.72. The highest BCUT2D eigenvalue weighted by atomic mass is 32.1. The molecule has 2 nitrogen and oxygen atoms in total. The summed E-state index contributed by atoms with van der Waals surface area (Å²) in [5, 5.41) is 0. The van der Waals surface area contributed by atoms with Crippen LogP contribution in [-0.4, -0.2) is 101 Å². The Labute approximate surface area is 537 Å². The number of alkyl halides is 26. The molecule has 6 aromatic heterocycles. The number of rotatable bonds is 28. The highest BCUT2D eigenvalue weighted by Gasteiger charge is 2.92. The van der Waals surface area contributed by atoms with Gasteiger partial charge in [0, 0.05) is 84.6 Å². The molecule has 6 rings (SSSR count). The molecule has 6 heterocycles. The van der Waals surface area contributed by atoms with Gasteiger partial charge in [-0.1, -0.05) is 0 Å². The van der Waals surface area contributed by atoms with Crippen molar-refractivity contribution in [2.24, 2.45) is 0 Å². The van der Waals surface area contributed by atoms with Crippen LogP contribution in [0, 0.1) is 27.7 Å². The monoisotopic (exact) mass is 1500 g/mol. The molecule has 0 fully saturated rings. The lowest BCUT2D eigenvalue weighted by Gasteiger charge is -2.39. The minimum atomic E-state index is -8.21. The second-order valence-electron chi connectivity index (χ2n) is 23.2. The Kier molecular flexibility index (Phi) is 23.8. The summed E-state index contributed by atoms with van der Waals surface area (Å²) in [5.41, 5.74) is 2.02. The molecule has 0 spiro atoms. The van der Waals surface area contributed by atoms with E-state index in [0.29, 0.717) is 21.1 Å². The minimum Gasteiger partial charge on any atom is -0.417 e. The van der Waals surface area contributed by atoms with Gasteiger partial charge in [0.05, 0.1) is 0 Å². The molecule has 0 amide bonds. The van der Waals surface area contributed by atoms with Gasteiger partial charge in [-0.15, -0.1) is 68.0 Å². The second kappa shape index (κ2) is 27.6. The Balaban J connectivity index is 0.000000412. The van der Waals surface area contributed by atoms with Crippen LogP contribution in [0.1, 0.15) is 67.4 Å². The van der Waals surface area contributed by atoms with E-state index in [0.717, 1.165) is 48.7 Å². The maximum absolute atomic E-state index is 14.7. The lowest BCUT2D eigenvalue weighted by atomic mass is 9.89. The highest BCUT2D eigenvalue weighted by Crippen LogP contribution is 2.63. The van der Waals surface area contributed by atoms with Crippen molar-refractivity contribution in [1.29, 1.82) is 0 Å². The van der Waals surface area contributed by atoms with Crippen molar-refractivity contribution in [3.63, 3.8) is 0 Å². The quantitative estimate of drug-likeness (QED) is 0.0360. The topological polar surface area (TPSA) is 18.5 Å². The van der Waals surface area contributed by atoms with E-state index in [-0.39, 0.29) is 19.5 Å². The van der Waals surface area contributed by atoms with Crippen molar-refractivity contribution in [2.75, 3.05) is 13.2 Å². The van der Waals surface area contributed by atoms with E-state index < -0.39 is 138 Å². The van der Waals surface area contributed by atoms with Crippen molar-refractivity contribution in [3.05, 3.63) is 90.3 Å². The number of aryl methyl sites for hydroxylation is 4. The largest absolute Gasteiger partial charge is 0.460 e. The lowest BCUT2D eigenvalue weighted by Crippen LogP contribution is -2.70. The van der Waals surface area contributed by atoms with Gasteiger partial charge in [-0.05, 0) is 176 Å². The molecule has 36 heteroatoms. The molecule has 0 atom stereocenters. The zero-order valence-electron chi connectivity index (χ0n) is 49.8. The molecule has 0 aliphatic rings. The first kappa shape index (κ1) is 79.4. The molecule has 0 saturated heterocycles. The summed E-state index contributed by atoms with van der Waals surface area (Å²) >= 11 is 8.09. The van der Waals surface area contributed by atoms with E-state index in [4.69, 9.17) is 8.85 Å². The molecule has 0 aliphatic heterocycles. The molecule has 520 valence electrons. The molecular weight excluding hydrogens is 1450 g/mol. The Morgan fingerprint density at radius 3 is 0.707 bits per heavy atom. The molecule has 0 N–H and O–H groups in total. The molecule has 0 saturated carbocycles. The van der Waals surface area contributed by atoms with Crippen LogP contribution in [0.15, 0.2) is 48.5 Å². The molecule has 0 radical (unpaired) electrons. The first-order valence-electron chi connectivity index (χ1n) is 27.1. The van der Waals surface area contributed by atoms with Crippen molar-refractivity contribution >= 4 is 84.7 Å². The van der Waals surface area contributed by atoms with E-state index in [1.807, 2.05) is 34.0 Å². The minimum absolute atomic E-state index is 0.0975. The zero-order chi connectivity index (χ0) is 70.6. The van der Waals surface area contributed by atoms with Crippen LogP contribution in [0.3, 0.4) is 0 Å². The van der Waals surface area contributed by atoms with Crippen LogP contribution in [0.2, 0.25) is 39.3 Å². The third-order valence-corrected chi connectivity index (χ3v) is 23.1. The van der Waals surface area contributed by atoms with Gasteiger partial charge in [0.25, 0.3) is 0 Å². The van der Waals surface area contributed by atoms with Crippen molar-refractivity contribution < 1.29 is 123 Å². The van der Waals surface area contributed by atoms with Gasteiger partial charge in [0.1, 0.15) is 0 Å². The standard InChI is InChI=1S/C32H22F26S3.C24H36O2S3Si2/c1-13-7-9-17(59-13)19-15(5-3-11-21(33,34)23(37,38)25(41,42)27(45,46)29(49,50)31(53,54)55)16(20(61-19)18-10-8-14(2)60-18)6-4-12-22(35,36)24(39,40)26(43,44)28(47,48)30(51,52)32(56,57)58;1-17-9-11-21(27-17)23-19(13-15-25-30(3,4)5)20(14-16-26-31(6,7)8)24(29-23)22-12-10-18(2)28-22/h7-10H,3-6,11-12H2,1-2H3;9-12H,13-16H2,1-8H3. The maximum atomic E-state index is 14.7. The molecule has 0 aliphatic carbocycles. The molecule has 6 aromatic rings. The first-order chi connectivity index (χ1) is 41.4. The Morgan fingerprint density at radius 2 is 0.511 bits per heavy atom. The average molecular weight is 1510 g/mol. The van der Waals surface area contributed by atoms with Gasteiger partial charge < -0.3 is 8.85 Å². The summed E-state index contributed by atoms with van der Waals surface area (Å²) in [6.45, 7) is 22.5. The van der Waals surface area contributed by atoms with Crippen LogP contribution >= 0.6 is 68.0 Å². The fourth-order valence-electron chi connectivity index (χ4n) is 8.89. The Bertz CT molecular complexity index is 3220. The van der Waals surface area contributed by atoms with Gasteiger partial charge in [0.2, 0.25) is 0 Å². The van der Waals surface area contributed by atoms with Crippen LogP contribution in [-0.2, 0) is 34.5 Å². The van der Waals surface area contributed by atoms with Gasteiger partial charge >= 0.3 is 71.6 Å². The fourth-order valence-corrected chi connectivity index (χ4v) is 17.1. The van der Waals surface area contributed by atoms with Gasteiger partial charge in [-0.25, -0.2) is 0 Å². The second-order valence-corrected chi connectivity index (χ2v) is 39.4. The smallest absolute Gasteiger partial charge is 0.417 e. The normalized spacial score (nSPS) is 14.4. The summed E-state index contributed by atoms with van der Waals surface area (Å²) < 4.78 is 369. The Hall–Kier alpha value is -3.27. The lowest BCUT2D eigenvalue weighted by molar-refractivity contribution is -0.440. The summed E-state index contributed by atoms with van der Waals surface area (Å²) in [5.74, 6) is -77.2. The van der Waals surface area contributed by atoms with Crippen LogP contribution < -0.4 is 0 Å². The first-order valence-corrected chi connectivity index (χ1v) is 38.8. The Morgan fingerprint density at radius 1 is 0.293 bits per heavy atom. The van der Waals surface area contributed by atoms with Gasteiger partial charge in [0.15, 0.2) is 16.6 Å². The molecular formula is C56H58F26O2S6Si2. The molecule has 92 heavy (non-hydrogen) atoms. The van der Waals surface area contributed by atoms with E-state index in [1.165, 1.54) is 78.5 Å². The summed E-state index contributed by atoms with van der Waals surface area (Å²) in [6.07, 6.45) is -24.5. The summed E-state index contributed by atoms with van der Waals surface area (Å²) in [4.78, 5) is 9.19. The summed E-state index contributed by atoms with van der Waals surface area (Å²) in [6, 6.07) is 14.4. The van der Waals surface area contributed by atoms with Gasteiger partial charge in [-0.2, -0.15) is 114 Å². The maximum Gasteiger partial charge on any atom is 0.460 e. The molecule has 0 aromatic carbocycles. The predicted octanol–water partition coefficient (Wildman–Crippen LogP) is 24.6. The number of hydrogen-bond donors (Lipinski definition) is 0. The summed E-state index contributed by atoms with van der Waals surface area (Å²) in [7, 11) is -3.07. The van der Waals surface area contributed by atoms with Crippen LogP contribution in [0.5, 0.6) is 0 Å². The number of hydrogen-bond acceptors (Lipinski definition) is 8. The van der Waals surface area contributed by atoms with Crippen LogP contribution in [0.4, 0.5) is 114 Å². The van der Waals surface area contributed by atoms with E-state index in [1.54, 1.807) is 0 Å². The van der Waals surface area contributed by atoms with E-state index in [2.05, 4.69) is 77.4 Å². The van der Waals surface area contributed by atoms with E-state index >= 15 is 0 Å². The van der Waals surface area contributed by atoms with E-state index in [9.17, 15) is 114 Å². The molecule has 0 unspecified atom stereocenters. The van der Waals surface area contributed by atoms with Gasteiger partial charge in [-0.3, -0.25) is 0 Å². The van der Waals surface area contributed by atoms with Crippen molar-refractivity contribution in [2.45, 2.75) is 190 Å². The number of thiophene rings is 6. The third kappa shape index (κ3) is 16.1. The third-order valence-electron chi connectivity index (χ3n) is 13.7. The fraction of sp³-hybridized carbons (Fsp3) is 0.571.